The Morgan fingerprint density at radius 1 is 1.32 bits per heavy atom. The van der Waals surface area contributed by atoms with E-state index in [0.717, 1.165) is 25.0 Å². The number of carbonyl (C=O) groups is 1. The standard InChI is InChI=1S/C16H21F2NO3/c1-16(2,3)22-15(20)19-8-4-5-11(19)10-21-12-6-7-13(17)14(18)9-12/h6-7,9,11H,4-5,8,10H2,1-3H3/t11-/m1/s1. The fourth-order valence-corrected chi connectivity index (χ4v) is 2.33. The average Bonchev–Trinajstić information content (AvgIpc) is 2.87. The maximum absolute atomic E-state index is 13.1. The van der Waals surface area contributed by atoms with Gasteiger partial charge in [0.05, 0.1) is 6.04 Å². The zero-order chi connectivity index (χ0) is 16.3. The number of ether oxygens (including phenoxy) is 2. The van der Waals surface area contributed by atoms with Crippen LogP contribution < -0.4 is 4.74 Å². The van der Waals surface area contributed by atoms with E-state index in [9.17, 15) is 13.6 Å². The van der Waals surface area contributed by atoms with Crippen LogP contribution in [0.4, 0.5) is 13.6 Å². The van der Waals surface area contributed by atoms with Crippen molar-refractivity contribution in [3.8, 4) is 5.75 Å². The molecule has 0 aliphatic carbocycles. The zero-order valence-corrected chi connectivity index (χ0v) is 13.1. The molecule has 2 rings (SSSR count). The second-order valence-corrected chi connectivity index (χ2v) is 6.36. The van der Waals surface area contributed by atoms with Crippen LogP contribution in [0.2, 0.25) is 0 Å². The predicted molar refractivity (Wildman–Crippen MR) is 77.8 cm³/mol. The third-order valence-electron chi connectivity index (χ3n) is 3.34. The largest absolute Gasteiger partial charge is 0.491 e. The lowest BCUT2D eigenvalue weighted by Gasteiger charge is -2.28. The zero-order valence-electron chi connectivity index (χ0n) is 13.1. The Bertz CT molecular complexity index is 543. The van der Waals surface area contributed by atoms with Gasteiger partial charge >= 0.3 is 6.09 Å². The van der Waals surface area contributed by atoms with Gasteiger partial charge in [-0.15, -0.1) is 0 Å². The minimum Gasteiger partial charge on any atom is -0.491 e. The smallest absolute Gasteiger partial charge is 0.410 e. The summed E-state index contributed by atoms with van der Waals surface area (Å²) in [5.74, 6) is -1.62. The second-order valence-electron chi connectivity index (χ2n) is 6.36. The summed E-state index contributed by atoms with van der Waals surface area (Å²) in [6.45, 7) is 6.28. The molecule has 0 N–H and O–H groups in total. The summed E-state index contributed by atoms with van der Waals surface area (Å²) in [6, 6.07) is 3.26. The van der Waals surface area contributed by atoms with Crippen molar-refractivity contribution < 1.29 is 23.0 Å². The summed E-state index contributed by atoms with van der Waals surface area (Å²) in [5, 5.41) is 0. The first kappa shape index (κ1) is 16.5. The summed E-state index contributed by atoms with van der Waals surface area (Å²) >= 11 is 0. The van der Waals surface area contributed by atoms with Crippen LogP contribution in [0.15, 0.2) is 18.2 Å². The quantitative estimate of drug-likeness (QED) is 0.853. The number of halogens is 2. The van der Waals surface area contributed by atoms with Crippen molar-refractivity contribution in [3.63, 3.8) is 0 Å². The fourth-order valence-electron chi connectivity index (χ4n) is 2.33. The van der Waals surface area contributed by atoms with Crippen LogP contribution in [0.3, 0.4) is 0 Å². The Hall–Kier alpha value is -1.85. The number of hydrogen-bond acceptors (Lipinski definition) is 3. The molecule has 1 saturated heterocycles. The van der Waals surface area contributed by atoms with E-state index >= 15 is 0 Å². The van der Waals surface area contributed by atoms with Crippen LogP contribution in [0.25, 0.3) is 0 Å². The first-order chi connectivity index (χ1) is 10.3. The molecule has 122 valence electrons. The van der Waals surface area contributed by atoms with Gasteiger partial charge in [0, 0.05) is 12.6 Å². The third kappa shape index (κ3) is 4.32. The van der Waals surface area contributed by atoms with Crippen molar-refractivity contribution in [1.82, 2.24) is 4.90 Å². The summed E-state index contributed by atoms with van der Waals surface area (Å²) in [4.78, 5) is 13.8. The second kappa shape index (κ2) is 6.50. The average molecular weight is 313 g/mol. The molecule has 0 aromatic heterocycles. The van der Waals surface area contributed by atoms with Crippen molar-refractivity contribution in [2.75, 3.05) is 13.2 Å². The molecule has 0 spiro atoms. The van der Waals surface area contributed by atoms with E-state index in [0.29, 0.717) is 6.54 Å². The van der Waals surface area contributed by atoms with Gasteiger partial charge in [0.1, 0.15) is 18.0 Å². The highest BCUT2D eigenvalue weighted by Crippen LogP contribution is 2.22. The summed E-state index contributed by atoms with van der Waals surface area (Å²) < 4.78 is 36.8. The Morgan fingerprint density at radius 2 is 2.05 bits per heavy atom. The molecule has 0 bridgehead atoms. The Balaban J connectivity index is 1.93. The van der Waals surface area contributed by atoms with Crippen molar-refractivity contribution in [3.05, 3.63) is 29.8 Å². The molecule has 1 fully saturated rings. The molecule has 1 amide bonds. The topological polar surface area (TPSA) is 38.8 Å². The molecule has 1 heterocycles. The molecule has 0 saturated carbocycles. The van der Waals surface area contributed by atoms with E-state index < -0.39 is 17.2 Å². The lowest BCUT2D eigenvalue weighted by molar-refractivity contribution is 0.0187. The van der Waals surface area contributed by atoms with Gasteiger partial charge in [0.25, 0.3) is 0 Å². The summed E-state index contributed by atoms with van der Waals surface area (Å²) in [5.41, 5.74) is -0.550. The molecular formula is C16H21F2NO3. The third-order valence-corrected chi connectivity index (χ3v) is 3.34. The van der Waals surface area contributed by atoms with E-state index in [1.807, 2.05) is 20.8 Å². The molecule has 6 heteroatoms. The summed E-state index contributed by atoms with van der Waals surface area (Å²) in [7, 11) is 0. The van der Waals surface area contributed by atoms with E-state index in [1.165, 1.54) is 6.07 Å². The molecule has 1 aromatic rings. The lowest BCUT2D eigenvalue weighted by atomic mass is 10.2. The number of rotatable bonds is 3. The molecule has 4 nitrogen and oxygen atoms in total. The number of likely N-dealkylation sites (tertiary alicyclic amines) is 1. The van der Waals surface area contributed by atoms with Gasteiger partial charge in [-0.2, -0.15) is 0 Å². The first-order valence-corrected chi connectivity index (χ1v) is 7.34. The number of benzene rings is 1. The molecular weight excluding hydrogens is 292 g/mol. The number of amides is 1. The van der Waals surface area contributed by atoms with Crippen LogP contribution in [-0.4, -0.2) is 35.8 Å². The molecule has 1 aliphatic rings. The van der Waals surface area contributed by atoms with Crippen molar-refractivity contribution in [2.45, 2.75) is 45.3 Å². The molecule has 22 heavy (non-hydrogen) atoms. The molecule has 1 aliphatic heterocycles. The SMILES string of the molecule is CC(C)(C)OC(=O)N1CCC[C@@H]1COc1ccc(F)c(F)c1. The van der Waals surface area contributed by atoms with Gasteiger partial charge in [0.2, 0.25) is 0 Å². The van der Waals surface area contributed by atoms with Gasteiger partial charge in [-0.25, -0.2) is 13.6 Å². The van der Waals surface area contributed by atoms with Crippen LogP contribution in [0, 0.1) is 11.6 Å². The highest BCUT2D eigenvalue weighted by Gasteiger charge is 2.32. The first-order valence-electron chi connectivity index (χ1n) is 7.34. The van der Waals surface area contributed by atoms with Crippen molar-refractivity contribution >= 4 is 6.09 Å². The monoisotopic (exact) mass is 313 g/mol. The lowest BCUT2D eigenvalue weighted by Crippen LogP contribution is -2.42. The van der Waals surface area contributed by atoms with E-state index in [4.69, 9.17) is 9.47 Å². The normalized spacial score (nSPS) is 18.4. The van der Waals surface area contributed by atoms with Gasteiger partial charge in [-0.1, -0.05) is 0 Å². The maximum atomic E-state index is 13.1. The van der Waals surface area contributed by atoms with E-state index in [1.54, 1.807) is 4.90 Å². The van der Waals surface area contributed by atoms with Gasteiger partial charge in [-0.05, 0) is 45.7 Å². The molecule has 1 atom stereocenters. The number of nitrogens with zero attached hydrogens (tertiary/aromatic N) is 1. The predicted octanol–water partition coefficient (Wildman–Crippen LogP) is 3.74. The molecule has 0 radical (unpaired) electrons. The Labute approximate surface area is 129 Å². The highest BCUT2D eigenvalue weighted by molar-refractivity contribution is 5.69. The van der Waals surface area contributed by atoms with Gasteiger partial charge < -0.3 is 14.4 Å². The van der Waals surface area contributed by atoms with Crippen LogP contribution in [-0.2, 0) is 4.74 Å². The van der Waals surface area contributed by atoms with Crippen LogP contribution in [0.1, 0.15) is 33.6 Å². The van der Waals surface area contributed by atoms with E-state index in [-0.39, 0.29) is 24.5 Å². The number of carbonyl (C=O) groups excluding carboxylic acids is 1. The minimum atomic E-state index is -0.951. The Morgan fingerprint density at radius 3 is 2.68 bits per heavy atom. The maximum Gasteiger partial charge on any atom is 0.410 e. The minimum absolute atomic E-state index is 0.122. The highest BCUT2D eigenvalue weighted by atomic mass is 19.2. The number of hydrogen-bond donors (Lipinski definition) is 0. The van der Waals surface area contributed by atoms with Crippen molar-refractivity contribution in [2.24, 2.45) is 0 Å². The molecule has 1 aromatic carbocycles. The van der Waals surface area contributed by atoms with Crippen LogP contribution in [0.5, 0.6) is 5.75 Å². The van der Waals surface area contributed by atoms with Gasteiger partial charge in [-0.3, -0.25) is 0 Å². The fraction of sp³-hybridized carbons (Fsp3) is 0.562. The van der Waals surface area contributed by atoms with E-state index in [2.05, 4.69) is 0 Å². The summed E-state index contributed by atoms with van der Waals surface area (Å²) in [6.07, 6.45) is 1.29. The van der Waals surface area contributed by atoms with Crippen LogP contribution >= 0.6 is 0 Å². The van der Waals surface area contributed by atoms with Gasteiger partial charge in [0.15, 0.2) is 11.6 Å². The molecule has 0 unspecified atom stereocenters. The van der Waals surface area contributed by atoms with Crippen molar-refractivity contribution in [1.29, 1.82) is 0 Å². The Kier molecular flexibility index (Phi) is 4.88.